The molecule has 0 fully saturated rings. The second kappa shape index (κ2) is 9.28. The highest BCUT2D eigenvalue weighted by atomic mass is 32.2. The number of rotatable bonds is 7. The minimum atomic E-state index is -0.161. The van der Waals surface area contributed by atoms with Crippen LogP contribution in [0, 0.1) is 0 Å². The van der Waals surface area contributed by atoms with Gasteiger partial charge in [-0.25, -0.2) is 0 Å². The SMILES string of the molecule is COc1ccc(CCNC(=O)CN2C(=O)CSC=C2c2ccccc2)cc1. The zero-order valence-corrected chi connectivity index (χ0v) is 16.0. The normalized spacial score (nSPS) is 13.9. The number of nitrogens with zero attached hydrogens (tertiary/aromatic N) is 1. The molecule has 1 N–H and O–H groups in total. The topological polar surface area (TPSA) is 58.6 Å². The van der Waals surface area contributed by atoms with Gasteiger partial charge in [0.1, 0.15) is 12.3 Å². The van der Waals surface area contributed by atoms with Crippen molar-refractivity contribution in [3.8, 4) is 5.75 Å². The van der Waals surface area contributed by atoms with Gasteiger partial charge in [-0.3, -0.25) is 9.59 Å². The number of benzene rings is 2. The number of carbonyl (C=O) groups is 2. The van der Waals surface area contributed by atoms with Gasteiger partial charge < -0.3 is 15.0 Å². The summed E-state index contributed by atoms with van der Waals surface area (Å²) in [5.74, 6) is 0.955. The molecule has 3 rings (SSSR count). The molecule has 0 aliphatic carbocycles. The van der Waals surface area contributed by atoms with Gasteiger partial charge in [-0.05, 0) is 35.1 Å². The average molecular weight is 382 g/mol. The minimum Gasteiger partial charge on any atom is -0.497 e. The molecular weight excluding hydrogens is 360 g/mol. The maximum atomic E-state index is 12.4. The summed E-state index contributed by atoms with van der Waals surface area (Å²) in [4.78, 5) is 26.3. The zero-order chi connectivity index (χ0) is 19.1. The maximum Gasteiger partial charge on any atom is 0.240 e. The fourth-order valence-electron chi connectivity index (χ4n) is 2.81. The molecule has 27 heavy (non-hydrogen) atoms. The van der Waals surface area contributed by atoms with Crippen LogP contribution in [0.4, 0.5) is 0 Å². The van der Waals surface area contributed by atoms with E-state index in [1.54, 1.807) is 12.0 Å². The molecule has 0 aromatic heterocycles. The first kappa shape index (κ1) is 19.0. The number of nitrogens with one attached hydrogen (secondary N) is 1. The van der Waals surface area contributed by atoms with Crippen molar-refractivity contribution in [3.05, 3.63) is 71.1 Å². The van der Waals surface area contributed by atoms with Crippen LogP contribution in [0.2, 0.25) is 0 Å². The van der Waals surface area contributed by atoms with E-state index >= 15 is 0 Å². The van der Waals surface area contributed by atoms with Crippen molar-refractivity contribution in [1.82, 2.24) is 10.2 Å². The van der Waals surface area contributed by atoms with Crippen molar-refractivity contribution in [2.45, 2.75) is 6.42 Å². The van der Waals surface area contributed by atoms with E-state index in [-0.39, 0.29) is 18.4 Å². The smallest absolute Gasteiger partial charge is 0.240 e. The third-order valence-electron chi connectivity index (χ3n) is 4.26. The van der Waals surface area contributed by atoms with Crippen molar-refractivity contribution in [3.63, 3.8) is 0 Å². The van der Waals surface area contributed by atoms with E-state index in [4.69, 9.17) is 4.74 Å². The predicted octanol–water partition coefficient (Wildman–Crippen LogP) is 2.93. The lowest BCUT2D eigenvalue weighted by Gasteiger charge is -2.28. The summed E-state index contributed by atoms with van der Waals surface area (Å²) < 4.78 is 5.14. The van der Waals surface area contributed by atoms with Crippen molar-refractivity contribution in [2.75, 3.05) is 26.0 Å². The Bertz CT molecular complexity index is 819. The molecule has 1 heterocycles. The van der Waals surface area contributed by atoms with E-state index in [1.807, 2.05) is 60.0 Å². The van der Waals surface area contributed by atoms with Crippen LogP contribution in [0.3, 0.4) is 0 Å². The van der Waals surface area contributed by atoms with Crippen molar-refractivity contribution in [2.24, 2.45) is 0 Å². The van der Waals surface area contributed by atoms with Gasteiger partial charge in [0.15, 0.2) is 0 Å². The van der Waals surface area contributed by atoms with Gasteiger partial charge in [0, 0.05) is 6.54 Å². The molecule has 0 spiro atoms. The molecule has 0 unspecified atom stereocenters. The number of thioether (sulfide) groups is 1. The molecule has 1 aliphatic heterocycles. The van der Waals surface area contributed by atoms with Gasteiger partial charge in [0.25, 0.3) is 0 Å². The Hall–Kier alpha value is -2.73. The molecular formula is C21H22N2O3S. The van der Waals surface area contributed by atoms with E-state index < -0.39 is 0 Å². The van der Waals surface area contributed by atoms with E-state index in [9.17, 15) is 9.59 Å². The van der Waals surface area contributed by atoms with Crippen molar-refractivity contribution < 1.29 is 14.3 Å². The summed E-state index contributed by atoms with van der Waals surface area (Å²) in [6, 6.07) is 17.4. The van der Waals surface area contributed by atoms with Crippen LogP contribution in [-0.4, -0.2) is 42.7 Å². The molecule has 0 radical (unpaired) electrons. The standard InChI is InChI=1S/C21H22N2O3S/c1-26-18-9-7-16(8-10-18)11-12-22-20(24)13-23-19(14-27-15-21(23)25)17-5-3-2-4-6-17/h2-10,14H,11-13,15H2,1H3,(H,22,24). The Morgan fingerprint density at radius 2 is 1.89 bits per heavy atom. The lowest BCUT2D eigenvalue weighted by Crippen LogP contribution is -2.42. The van der Waals surface area contributed by atoms with Crippen molar-refractivity contribution in [1.29, 1.82) is 0 Å². The van der Waals surface area contributed by atoms with Crippen molar-refractivity contribution >= 4 is 29.3 Å². The number of hydrogen-bond acceptors (Lipinski definition) is 4. The van der Waals surface area contributed by atoms with Crippen LogP contribution in [0.1, 0.15) is 11.1 Å². The van der Waals surface area contributed by atoms with Crippen LogP contribution in [0.5, 0.6) is 5.75 Å². The molecule has 140 valence electrons. The maximum absolute atomic E-state index is 12.4. The zero-order valence-electron chi connectivity index (χ0n) is 15.2. The average Bonchev–Trinajstić information content (AvgIpc) is 2.71. The Labute approximate surface area is 163 Å². The van der Waals surface area contributed by atoms with Gasteiger partial charge in [-0.1, -0.05) is 42.5 Å². The summed E-state index contributed by atoms with van der Waals surface area (Å²) in [6.45, 7) is 0.551. The number of ether oxygens (including phenoxy) is 1. The fraction of sp³-hybridized carbons (Fsp3) is 0.238. The highest BCUT2D eigenvalue weighted by Gasteiger charge is 2.25. The summed E-state index contributed by atoms with van der Waals surface area (Å²) in [5.41, 5.74) is 2.83. The molecule has 1 aliphatic rings. The monoisotopic (exact) mass is 382 g/mol. The van der Waals surface area contributed by atoms with E-state index in [0.29, 0.717) is 12.3 Å². The summed E-state index contributed by atoms with van der Waals surface area (Å²) >= 11 is 1.46. The molecule has 0 bridgehead atoms. The quantitative estimate of drug-likeness (QED) is 0.800. The Balaban J connectivity index is 1.56. The number of hydrogen-bond donors (Lipinski definition) is 1. The molecule has 0 saturated heterocycles. The minimum absolute atomic E-state index is 0.0305. The first-order chi connectivity index (χ1) is 13.2. The predicted molar refractivity (Wildman–Crippen MR) is 108 cm³/mol. The third-order valence-corrected chi connectivity index (χ3v) is 5.06. The molecule has 2 aromatic rings. The summed E-state index contributed by atoms with van der Waals surface area (Å²) in [6.07, 6.45) is 0.723. The summed E-state index contributed by atoms with van der Waals surface area (Å²) in [7, 11) is 1.63. The van der Waals surface area contributed by atoms with Gasteiger partial charge in [-0.2, -0.15) is 0 Å². The molecule has 6 heteroatoms. The molecule has 5 nitrogen and oxygen atoms in total. The number of methoxy groups -OCH3 is 1. The number of amides is 2. The first-order valence-corrected chi connectivity index (χ1v) is 9.79. The first-order valence-electron chi connectivity index (χ1n) is 8.74. The fourth-order valence-corrected chi connectivity index (χ4v) is 3.61. The van der Waals surface area contributed by atoms with Crippen LogP contribution < -0.4 is 10.1 Å². The second-order valence-corrected chi connectivity index (χ2v) is 6.97. The Morgan fingerprint density at radius 1 is 1.15 bits per heavy atom. The molecule has 2 aromatic carbocycles. The number of carbonyl (C=O) groups excluding carboxylic acids is 2. The Kier molecular flexibility index (Phi) is 6.54. The molecule has 2 amide bonds. The van der Waals surface area contributed by atoms with E-state index in [0.717, 1.165) is 29.0 Å². The molecule has 0 saturated carbocycles. The van der Waals surface area contributed by atoms with E-state index in [1.165, 1.54) is 11.8 Å². The van der Waals surface area contributed by atoms with Crippen LogP contribution in [-0.2, 0) is 16.0 Å². The largest absolute Gasteiger partial charge is 0.497 e. The summed E-state index contributed by atoms with van der Waals surface area (Å²) in [5, 5.41) is 4.85. The van der Waals surface area contributed by atoms with Gasteiger partial charge in [0.2, 0.25) is 11.8 Å². The van der Waals surface area contributed by atoms with Gasteiger partial charge >= 0.3 is 0 Å². The van der Waals surface area contributed by atoms with Crippen LogP contribution in [0.15, 0.2) is 60.0 Å². The second-order valence-electron chi connectivity index (χ2n) is 6.11. The highest BCUT2D eigenvalue weighted by molar-refractivity contribution is 8.03. The van der Waals surface area contributed by atoms with Gasteiger partial charge in [-0.15, -0.1) is 11.8 Å². The lowest BCUT2D eigenvalue weighted by atomic mass is 10.1. The van der Waals surface area contributed by atoms with Gasteiger partial charge in [0.05, 0.1) is 18.6 Å². The van der Waals surface area contributed by atoms with Crippen LogP contribution >= 0.6 is 11.8 Å². The lowest BCUT2D eigenvalue weighted by molar-refractivity contribution is -0.131. The van der Waals surface area contributed by atoms with Crippen LogP contribution in [0.25, 0.3) is 5.70 Å². The molecule has 0 atom stereocenters. The third kappa shape index (κ3) is 5.14. The Morgan fingerprint density at radius 3 is 2.59 bits per heavy atom. The highest BCUT2D eigenvalue weighted by Crippen LogP contribution is 2.27. The van der Waals surface area contributed by atoms with E-state index in [2.05, 4.69) is 5.32 Å².